The molecule has 2 aromatic rings. The van der Waals surface area contributed by atoms with Crippen LogP contribution < -0.4 is 15.1 Å². The van der Waals surface area contributed by atoms with Gasteiger partial charge < -0.3 is 20.2 Å². The number of nitrogens with one attached hydrogen (secondary N) is 1. The predicted molar refractivity (Wildman–Crippen MR) is 114 cm³/mol. The summed E-state index contributed by atoms with van der Waals surface area (Å²) in [6.45, 7) is 5.32. The van der Waals surface area contributed by atoms with E-state index in [1.807, 2.05) is 0 Å². The lowest BCUT2D eigenvalue weighted by molar-refractivity contribution is 0.203. The maximum absolute atomic E-state index is 9.29. The highest BCUT2D eigenvalue weighted by Gasteiger charge is 2.18. The SMILES string of the molecule is OCC1CCN(c2ccc(CNc3cc(N4CCCCC4)ncn3)cc2)CC1. The fourth-order valence-electron chi connectivity index (χ4n) is 4.13. The Morgan fingerprint density at radius 3 is 2.39 bits per heavy atom. The van der Waals surface area contributed by atoms with Gasteiger partial charge in [0, 0.05) is 51.1 Å². The fraction of sp³-hybridized carbons (Fsp3) is 0.545. The van der Waals surface area contributed by atoms with Gasteiger partial charge in [-0.05, 0) is 55.7 Å². The Morgan fingerprint density at radius 1 is 0.929 bits per heavy atom. The number of nitrogens with zero attached hydrogens (tertiary/aromatic N) is 4. The van der Waals surface area contributed by atoms with Crippen LogP contribution in [0.15, 0.2) is 36.7 Å². The molecule has 2 aliphatic rings. The molecule has 3 heterocycles. The molecule has 0 unspecified atom stereocenters. The number of benzene rings is 1. The predicted octanol–water partition coefficient (Wildman–Crippen LogP) is 3.29. The van der Waals surface area contributed by atoms with Crippen molar-refractivity contribution in [2.45, 2.75) is 38.6 Å². The molecule has 28 heavy (non-hydrogen) atoms. The van der Waals surface area contributed by atoms with E-state index in [1.54, 1.807) is 6.33 Å². The Morgan fingerprint density at radius 2 is 1.68 bits per heavy atom. The number of hydrogen-bond donors (Lipinski definition) is 2. The van der Waals surface area contributed by atoms with E-state index in [0.29, 0.717) is 12.5 Å². The van der Waals surface area contributed by atoms with Crippen LogP contribution in [0.4, 0.5) is 17.3 Å². The first-order chi connectivity index (χ1) is 13.8. The van der Waals surface area contributed by atoms with Crippen LogP contribution in [0, 0.1) is 5.92 Å². The molecule has 0 bridgehead atoms. The van der Waals surface area contributed by atoms with Gasteiger partial charge in [-0.3, -0.25) is 0 Å². The first-order valence-electron chi connectivity index (χ1n) is 10.6. The first-order valence-corrected chi connectivity index (χ1v) is 10.6. The van der Waals surface area contributed by atoms with Gasteiger partial charge in [-0.15, -0.1) is 0 Å². The highest BCUT2D eigenvalue weighted by Crippen LogP contribution is 2.24. The third-order valence-electron chi connectivity index (χ3n) is 5.98. The zero-order valence-corrected chi connectivity index (χ0v) is 16.6. The van der Waals surface area contributed by atoms with Crippen molar-refractivity contribution in [3.63, 3.8) is 0 Å². The molecule has 2 N–H and O–H groups in total. The summed E-state index contributed by atoms with van der Waals surface area (Å²) in [4.78, 5) is 13.6. The van der Waals surface area contributed by atoms with Crippen LogP contribution in [0.5, 0.6) is 0 Å². The topological polar surface area (TPSA) is 64.5 Å². The van der Waals surface area contributed by atoms with E-state index in [1.165, 1.54) is 30.5 Å². The second-order valence-electron chi connectivity index (χ2n) is 7.94. The number of aromatic nitrogens is 2. The molecule has 2 aliphatic heterocycles. The molecule has 2 fully saturated rings. The van der Waals surface area contributed by atoms with Crippen molar-refractivity contribution in [3.8, 4) is 0 Å². The minimum Gasteiger partial charge on any atom is -0.396 e. The molecular formula is C22H31N5O. The van der Waals surface area contributed by atoms with Crippen molar-refractivity contribution in [3.05, 3.63) is 42.2 Å². The molecule has 150 valence electrons. The van der Waals surface area contributed by atoms with E-state index in [2.05, 4.69) is 55.4 Å². The van der Waals surface area contributed by atoms with Crippen molar-refractivity contribution in [2.24, 2.45) is 5.92 Å². The third kappa shape index (κ3) is 4.73. The lowest BCUT2D eigenvalue weighted by Gasteiger charge is -2.33. The van der Waals surface area contributed by atoms with E-state index in [9.17, 15) is 5.11 Å². The van der Waals surface area contributed by atoms with E-state index in [4.69, 9.17) is 0 Å². The Balaban J connectivity index is 1.31. The monoisotopic (exact) mass is 381 g/mol. The third-order valence-corrected chi connectivity index (χ3v) is 5.98. The number of rotatable bonds is 6. The van der Waals surface area contributed by atoms with Gasteiger partial charge in [-0.25, -0.2) is 9.97 Å². The molecule has 6 nitrogen and oxygen atoms in total. The van der Waals surface area contributed by atoms with Gasteiger partial charge >= 0.3 is 0 Å². The highest BCUT2D eigenvalue weighted by atomic mass is 16.3. The molecule has 1 aromatic carbocycles. The zero-order chi connectivity index (χ0) is 19.2. The van der Waals surface area contributed by atoms with Crippen molar-refractivity contribution >= 4 is 17.3 Å². The van der Waals surface area contributed by atoms with Crippen molar-refractivity contribution in [1.29, 1.82) is 0 Å². The number of aliphatic hydroxyl groups excluding tert-OH is 1. The number of piperidine rings is 2. The van der Waals surface area contributed by atoms with Gasteiger partial charge in [-0.2, -0.15) is 0 Å². The minimum atomic E-state index is 0.320. The average molecular weight is 382 g/mol. The Labute approximate surface area is 167 Å². The average Bonchev–Trinajstić information content (AvgIpc) is 2.79. The van der Waals surface area contributed by atoms with Crippen molar-refractivity contribution in [2.75, 3.05) is 47.9 Å². The van der Waals surface area contributed by atoms with E-state index >= 15 is 0 Å². The van der Waals surface area contributed by atoms with Crippen LogP contribution in [-0.2, 0) is 6.54 Å². The van der Waals surface area contributed by atoms with Crippen LogP contribution in [-0.4, -0.2) is 47.9 Å². The molecular weight excluding hydrogens is 350 g/mol. The summed E-state index contributed by atoms with van der Waals surface area (Å²) >= 11 is 0. The van der Waals surface area contributed by atoms with E-state index < -0.39 is 0 Å². The Bertz CT molecular complexity index is 737. The molecule has 0 amide bonds. The second kappa shape index (κ2) is 9.24. The Kier molecular flexibility index (Phi) is 6.27. The maximum Gasteiger partial charge on any atom is 0.134 e. The highest BCUT2D eigenvalue weighted by molar-refractivity contribution is 5.50. The molecule has 2 saturated heterocycles. The van der Waals surface area contributed by atoms with E-state index in [0.717, 1.165) is 57.2 Å². The summed E-state index contributed by atoms with van der Waals surface area (Å²) in [7, 11) is 0. The summed E-state index contributed by atoms with van der Waals surface area (Å²) < 4.78 is 0. The Hall–Kier alpha value is -2.34. The molecule has 0 atom stereocenters. The molecule has 0 spiro atoms. The summed E-state index contributed by atoms with van der Waals surface area (Å²) in [6.07, 6.45) is 7.63. The van der Waals surface area contributed by atoms with Crippen molar-refractivity contribution < 1.29 is 5.11 Å². The van der Waals surface area contributed by atoms with Gasteiger partial charge in [0.15, 0.2) is 0 Å². The van der Waals surface area contributed by atoms with Crippen molar-refractivity contribution in [1.82, 2.24) is 9.97 Å². The second-order valence-corrected chi connectivity index (χ2v) is 7.94. The quantitative estimate of drug-likeness (QED) is 0.801. The smallest absolute Gasteiger partial charge is 0.134 e. The lowest BCUT2D eigenvalue weighted by atomic mass is 9.97. The van der Waals surface area contributed by atoms with E-state index in [-0.39, 0.29) is 0 Å². The zero-order valence-electron chi connectivity index (χ0n) is 16.6. The van der Waals surface area contributed by atoms with Crippen LogP contribution in [0.2, 0.25) is 0 Å². The molecule has 6 heteroatoms. The van der Waals surface area contributed by atoms with Gasteiger partial charge in [0.2, 0.25) is 0 Å². The molecule has 0 saturated carbocycles. The number of anilines is 3. The number of hydrogen-bond acceptors (Lipinski definition) is 6. The van der Waals surface area contributed by atoms with Crippen LogP contribution >= 0.6 is 0 Å². The van der Waals surface area contributed by atoms with Gasteiger partial charge in [-0.1, -0.05) is 12.1 Å². The molecule has 4 rings (SSSR count). The van der Waals surface area contributed by atoms with Crippen LogP contribution in [0.3, 0.4) is 0 Å². The fourth-order valence-corrected chi connectivity index (χ4v) is 4.13. The van der Waals surface area contributed by atoms with Crippen LogP contribution in [0.1, 0.15) is 37.7 Å². The first kappa shape index (κ1) is 19.0. The molecule has 1 aromatic heterocycles. The minimum absolute atomic E-state index is 0.320. The largest absolute Gasteiger partial charge is 0.396 e. The lowest BCUT2D eigenvalue weighted by Crippen LogP contribution is -2.34. The van der Waals surface area contributed by atoms with Gasteiger partial charge in [0.1, 0.15) is 18.0 Å². The molecule has 0 radical (unpaired) electrons. The van der Waals surface area contributed by atoms with Gasteiger partial charge in [0.05, 0.1) is 0 Å². The summed E-state index contributed by atoms with van der Waals surface area (Å²) in [5, 5.41) is 12.7. The number of aliphatic hydroxyl groups is 1. The summed E-state index contributed by atoms with van der Waals surface area (Å²) in [5.74, 6) is 2.38. The summed E-state index contributed by atoms with van der Waals surface area (Å²) in [6, 6.07) is 10.8. The molecule has 0 aliphatic carbocycles. The summed E-state index contributed by atoms with van der Waals surface area (Å²) in [5.41, 5.74) is 2.52. The van der Waals surface area contributed by atoms with Crippen LogP contribution in [0.25, 0.3) is 0 Å². The van der Waals surface area contributed by atoms with Gasteiger partial charge in [0.25, 0.3) is 0 Å². The maximum atomic E-state index is 9.29. The standard InChI is InChI=1S/C22H31N5O/c28-16-19-8-12-26(13-9-19)20-6-4-18(5-7-20)15-23-21-14-22(25-17-24-21)27-10-2-1-3-11-27/h4-7,14,17,19,28H,1-3,8-13,15-16H2,(H,23,24,25). The normalized spacial score (nSPS) is 18.3.